The third-order valence-electron chi connectivity index (χ3n) is 5.83. The Bertz CT molecular complexity index is 936. The van der Waals surface area contributed by atoms with Crippen LogP contribution in [0.25, 0.3) is 0 Å². The van der Waals surface area contributed by atoms with Gasteiger partial charge in [0.25, 0.3) is 0 Å². The molecule has 2 atom stereocenters. The standard InChI is InChI=1S/C21H29N5O5/c1-13-8-16(31-25-13)10-19(27)22-18-11-17(23-24-18)14-4-5-15(9-14)30-20(28)26-6-7-29-12-21(26,2)3/h8,11,14-15H,4-7,9-10,12H2,1-3H3,(H2,22,23,24,27)/t14-,15+/m0/s1. The van der Waals surface area contributed by atoms with E-state index in [1.54, 1.807) is 17.9 Å². The van der Waals surface area contributed by atoms with Crippen LogP contribution in [0.4, 0.5) is 10.6 Å². The van der Waals surface area contributed by atoms with Gasteiger partial charge in [-0.25, -0.2) is 4.79 Å². The molecule has 1 saturated carbocycles. The SMILES string of the molecule is Cc1cc(CC(=O)Nc2cc([C@H]3CC[C@@H](OC(=O)N4CCOCC4(C)C)C3)[nH]n2)on1. The van der Waals surface area contributed by atoms with Crippen molar-refractivity contribution in [2.75, 3.05) is 25.1 Å². The van der Waals surface area contributed by atoms with Crippen LogP contribution in [0.1, 0.15) is 56.2 Å². The van der Waals surface area contributed by atoms with Gasteiger partial charge in [-0.1, -0.05) is 5.16 Å². The van der Waals surface area contributed by atoms with Crippen LogP contribution in [0.3, 0.4) is 0 Å². The molecule has 3 heterocycles. The monoisotopic (exact) mass is 431 g/mol. The summed E-state index contributed by atoms with van der Waals surface area (Å²) in [7, 11) is 0. The highest BCUT2D eigenvalue weighted by Gasteiger charge is 2.37. The molecular formula is C21H29N5O5. The van der Waals surface area contributed by atoms with E-state index in [1.807, 2.05) is 19.9 Å². The maximum absolute atomic E-state index is 12.7. The summed E-state index contributed by atoms with van der Waals surface area (Å²) < 4.78 is 16.3. The highest BCUT2D eigenvalue weighted by molar-refractivity contribution is 5.91. The minimum atomic E-state index is -0.367. The number of carbonyl (C=O) groups excluding carboxylic acids is 2. The maximum atomic E-state index is 12.7. The van der Waals surface area contributed by atoms with E-state index in [2.05, 4.69) is 20.7 Å². The van der Waals surface area contributed by atoms with Gasteiger partial charge in [0.05, 0.1) is 30.9 Å². The summed E-state index contributed by atoms with van der Waals surface area (Å²) in [5.41, 5.74) is 1.29. The molecular weight excluding hydrogens is 402 g/mol. The molecule has 168 valence electrons. The van der Waals surface area contributed by atoms with Crippen LogP contribution in [0.5, 0.6) is 0 Å². The molecule has 4 rings (SSSR count). The number of nitrogens with zero attached hydrogens (tertiary/aromatic N) is 3. The van der Waals surface area contributed by atoms with Gasteiger partial charge in [-0.3, -0.25) is 14.8 Å². The molecule has 2 fully saturated rings. The summed E-state index contributed by atoms with van der Waals surface area (Å²) in [6, 6.07) is 3.57. The second-order valence-corrected chi connectivity index (χ2v) is 8.90. The fraction of sp³-hybridized carbons (Fsp3) is 0.619. The third kappa shape index (κ3) is 5.07. The first-order valence-electron chi connectivity index (χ1n) is 10.6. The van der Waals surface area contributed by atoms with Crippen molar-refractivity contribution in [2.24, 2.45) is 0 Å². The zero-order valence-electron chi connectivity index (χ0n) is 18.1. The van der Waals surface area contributed by atoms with Crippen molar-refractivity contribution in [3.63, 3.8) is 0 Å². The number of hydrogen-bond donors (Lipinski definition) is 2. The number of nitrogens with one attached hydrogen (secondary N) is 2. The number of aromatic nitrogens is 3. The van der Waals surface area contributed by atoms with Crippen LogP contribution in [-0.2, 0) is 20.7 Å². The summed E-state index contributed by atoms with van der Waals surface area (Å²) in [5, 5.41) is 13.7. The van der Waals surface area contributed by atoms with Gasteiger partial charge in [0.15, 0.2) is 5.82 Å². The second-order valence-electron chi connectivity index (χ2n) is 8.90. The minimum Gasteiger partial charge on any atom is -0.446 e. The molecule has 0 unspecified atom stereocenters. The molecule has 0 spiro atoms. The van der Waals surface area contributed by atoms with Crippen molar-refractivity contribution in [3.05, 3.63) is 29.3 Å². The van der Waals surface area contributed by atoms with Crippen molar-refractivity contribution in [1.29, 1.82) is 0 Å². The van der Waals surface area contributed by atoms with E-state index in [1.165, 1.54) is 0 Å². The van der Waals surface area contributed by atoms with Crippen molar-refractivity contribution >= 4 is 17.8 Å². The zero-order valence-corrected chi connectivity index (χ0v) is 18.1. The van der Waals surface area contributed by atoms with Crippen molar-refractivity contribution in [2.45, 2.75) is 64.0 Å². The Morgan fingerprint density at radius 3 is 2.94 bits per heavy atom. The quantitative estimate of drug-likeness (QED) is 0.746. The zero-order chi connectivity index (χ0) is 22.0. The van der Waals surface area contributed by atoms with E-state index in [0.717, 1.165) is 30.7 Å². The fourth-order valence-corrected chi connectivity index (χ4v) is 4.19. The van der Waals surface area contributed by atoms with Crippen LogP contribution in [0.15, 0.2) is 16.7 Å². The fourth-order valence-electron chi connectivity index (χ4n) is 4.19. The minimum absolute atomic E-state index is 0.0996. The number of aryl methyl sites for hydroxylation is 1. The molecule has 0 aromatic carbocycles. The topological polar surface area (TPSA) is 123 Å². The second kappa shape index (κ2) is 8.70. The summed E-state index contributed by atoms with van der Waals surface area (Å²) in [4.78, 5) is 26.6. The van der Waals surface area contributed by atoms with Gasteiger partial charge in [-0.05, 0) is 40.0 Å². The summed E-state index contributed by atoms with van der Waals surface area (Å²) >= 11 is 0. The molecule has 31 heavy (non-hydrogen) atoms. The number of H-pyrrole nitrogens is 1. The van der Waals surface area contributed by atoms with Crippen LogP contribution < -0.4 is 5.32 Å². The molecule has 1 aliphatic carbocycles. The smallest absolute Gasteiger partial charge is 0.410 e. The van der Waals surface area contributed by atoms with Crippen LogP contribution in [0.2, 0.25) is 0 Å². The Balaban J connectivity index is 1.28. The Kier molecular flexibility index (Phi) is 5.99. The van der Waals surface area contributed by atoms with E-state index in [4.69, 9.17) is 14.0 Å². The average molecular weight is 431 g/mol. The summed E-state index contributed by atoms with van der Waals surface area (Å²) in [6.45, 7) is 7.35. The molecule has 0 radical (unpaired) electrons. The first kappa shape index (κ1) is 21.4. The van der Waals surface area contributed by atoms with Crippen LogP contribution in [0, 0.1) is 6.92 Å². The van der Waals surface area contributed by atoms with Gasteiger partial charge < -0.3 is 19.3 Å². The van der Waals surface area contributed by atoms with Crippen LogP contribution >= 0.6 is 0 Å². The van der Waals surface area contributed by atoms with Gasteiger partial charge in [0.2, 0.25) is 5.91 Å². The van der Waals surface area contributed by atoms with Crippen molar-refractivity contribution < 1.29 is 23.6 Å². The molecule has 2 aromatic heterocycles. The number of aromatic amines is 1. The van der Waals surface area contributed by atoms with E-state index >= 15 is 0 Å². The molecule has 10 heteroatoms. The molecule has 2 aliphatic rings. The Morgan fingerprint density at radius 1 is 1.35 bits per heavy atom. The van der Waals surface area contributed by atoms with Gasteiger partial charge in [-0.15, -0.1) is 0 Å². The molecule has 2 N–H and O–H groups in total. The number of hydrogen-bond acceptors (Lipinski definition) is 7. The van der Waals surface area contributed by atoms with Crippen molar-refractivity contribution in [1.82, 2.24) is 20.3 Å². The molecule has 2 aromatic rings. The number of amides is 2. The molecule has 1 saturated heterocycles. The molecule has 0 bridgehead atoms. The lowest BCUT2D eigenvalue weighted by atomic mass is 10.0. The van der Waals surface area contributed by atoms with E-state index in [9.17, 15) is 9.59 Å². The van der Waals surface area contributed by atoms with Gasteiger partial charge >= 0.3 is 6.09 Å². The van der Waals surface area contributed by atoms with E-state index < -0.39 is 0 Å². The molecule has 10 nitrogen and oxygen atoms in total. The first-order chi connectivity index (χ1) is 14.8. The number of morpholine rings is 1. The predicted octanol–water partition coefficient (Wildman–Crippen LogP) is 2.77. The highest BCUT2D eigenvalue weighted by Crippen LogP contribution is 2.36. The normalized spacial score (nSPS) is 23.0. The lowest BCUT2D eigenvalue weighted by Crippen LogP contribution is -2.56. The first-order valence-corrected chi connectivity index (χ1v) is 10.6. The van der Waals surface area contributed by atoms with Crippen LogP contribution in [-0.4, -0.2) is 63.7 Å². The Labute approximate surface area is 180 Å². The lowest BCUT2D eigenvalue weighted by molar-refractivity contribution is -0.115. The largest absolute Gasteiger partial charge is 0.446 e. The molecule has 2 amide bonds. The van der Waals surface area contributed by atoms with E-state index in [0.29, 0.717) is 31.3 Å². The lowest BCUT2D eigenvalue weighted by Gasteiger charge is -2.41. The third-order valence-corrected chi connectivity index (χ3v) is 5.83. The summed E-state index contributed by atoms with van der Waals surface area (Å²) in [6.07, 6.45) is 2.10. The maximum Gasteiger partial charge on any atom is 0.410 e. The Morgan fingerprint density at radius 2 is 2.19 bits per heavy atom. The summed E-state index contributed by atoms with van der Waals surface area (Å²) in [5.74, 6) is 0.951. The van der Waals surface area contributed by atoms with Crippen molar-refractivity contribution in [3.8, 4) is 0 Å². The van der Waals surface area contributed by atoms with Gasteiger partial charge in [0.1, 0.15) is 11.9 Å². The highest BCUT2D eigenvalue weighted by atomic mass is 16.6. The number of anilines is 1. The van der Waals surface area contributed by atoms with Gasteiger partial charge in [-0.2, -0.15) is 5.10 Å². The number of rotatable bonds is 5. The Hall–Kier alpha value is -2.88. The molecule has 1 aliphatic heterocycles. The predicted molar refractivity (Wildman–Crippen MR) is 111 cm³/mol. The van der Waals surface area contributed by atoms with Gasteiger partial charge in [0, 0.05) is 30.3 Å². The number of ether oxygens (including phenoxy) is 2. The average Bonchev–Trinajstić information content (AvgIpc) is 3.43. The number of carbonyl (C=O) groups is 2. The van der Waals surface area contributed by atoms with E-state index in [-0.39, 0.29) is 36.0 Å².